The minimum absolute atomic E-state index is 0.0597. The highest BCUT2D eigenvalue weighted by atomic mass is 35.5. The van der Waals surface area contributed by atoms with E-state index in [1.807, 2.05) is 49.4 Å². The highest BCUT2D eigenvalue weighted by Crippen LogP contribution is 2.36. The van der Waals surface area contributed by atoms with Crippen LogP contribution >= 0.6 is 23.2 Å². The van der Waals surface area contributed by atoms with Crippen molar-refractivity contribution in [2.45, 2.75) is 24.3 Å². The molecule has 1 fully saturated rings. The number of hydrogen-bond donors (Lipinski definition) is 0. The van der Waals surface area contributed by atoms with Crippen molar-refractivity contribution in [3.05, 3.63) is 94.0 Å². The summed E-state index contributed by atoms with van der Waals surface area (Å²) >= 11 is 12.7. The molecule has 1 unspecified atom stereocenters. The number of carbonyl (C=O) groups excluding carboxylic acids is 1. The molecule has 8 heteroatoms. The molecule has 0 saturated carbocycles. The highest BCUT2D eigenvalue weighted by molar-refractivity contribution is 7.91. The molecule has 4 rings (SSSR count). The third-order valence-electron chi connectivity index (χ3n) is 6.09. The van der Waals surface area contributed by atoms with E-state index in [2.05, 4.69) is 4.90 Å². The summed E-state index contributed by atoms with van der Waals surface area (Å²) in [6.45, 7) is 3.48. The minimum Gasteiger partial charge on any atom is -0.360 e. The third-order valence-corrected chi connectivity index (χ3v) is 8.37. The number of aryl methyl sites for hydroxylation is 1. The quantitative estimate of drug-likeness (QED) is 0.430. The molecule has 0 aliphatic carbocycles. The van der Waals surface area contributed by atoms with Crippen LogP contribution in [0, 0.1) is 6.92 Å². The van der Waals surface area contributed by atoms with Crippen LogP contribution in [0.5, 0.6) is 0 Å². The van der Waals surface area contributed by atoms with Crippen molar-refractivity contribution < 1.29 is 13.2 Å². The van der Waals surface area contributed by atoms with Gasteiger partial charge in [0, 0.05) is 31.1 Å². The van der Waals surface area contributed by atoms with E-state index in [9.17, 15) is 13.2 Å². The molecule has 0 bridgehead atoms. The van der Waals surface area contributed by atoms with E-state index in [-0.39, 0.29) is 29.0 Å². The van der Waals surface area contributed by atoms with Crippen molar-refractivity contribution in [3.8, 4) is 0 Å². The number of hydrogen-bond acceptors (Lipinski definition) is 4. The van der Waals surface area contributed by atoms with Crippen molar-refractivity contribution in [2.75, 3.05) is 30.3 Å². The van der Waals surface area contributed by atoms with Gasteiger partial charge < -0.3 is 9.80 Å². The molecule has 3 aromatic carbocycles. The van der Waals surface area contributed by atoms with Crippen LogP contribution in [0.3, 0.4) is 0 Å². The number of sulfone groups is 1. The van der Waals surface area contributed by atoms with Gasteiger partial charge in [-0.2, -0.15) is 0 Å². The third kappa shape index (κ3) is 5.57. The molecule has 178 valence electrons. The predicted molar refractivity (Wildman–Crippen MR) is 137 cm³/mol. The molecule has 1 atom stereocenters. The Morgan fingerprint density at radius 3 is 2.35 bits per heavy atom. The van der Waals surface area contributed by atoms with Crippen LogP contribution in [0.15, 0.2) is 77.7 Å². The van der Waals surface area contributed by atoms with E-state index in [1.54, 1.807) is 35.2 Å². The monoisotopic (exact) mass is 516 g/mol. The summed E-state index contributed by atoms with van der Waals surface area (Å²) in [5.41, 5.74) is 2.99. The van der Waals surface area contributed by atoms with Gasteiger partial charge in [0.15, 0.2) is 9.84 Å². The second kappa shape index (κ2) is 10.4. The van der Waals surface area contributed by atoms with E-state index in [0.717, 1.165) is 16.8 Å². The molecule has 0 aromatic heterocycles. The lowest BCUT2D eigenvalue weighted by Crippen LogP contribution is -2.51. The normalized spacial score (nSPS) is 16.5. The van der Waals surface area contributed by atoms with Gasteiger partial charge in [0.1, 0.15) is 0 Å². The lowest BCUT2D eigenvalue weighted by molar-refractivity contribution is -0.131. The van der Waals surface area contributed by atoms with Crippen LogP contribution in [0.4, 0.5) is 5.69 Å². The molecule has 1 aliphatic rings. The fourth-order valence-electron chi connectivity index (χ4n) is 4.24. The first-order valence-corrected chi connectivity index (χ1v) is 13.5. The number of halogens is 2. The van der Waals surface area contributed by atoms with Gasteiger partial charge in [-0.05, 0) is 54.4 Å². The second-order valence-electron chi connectivity index (χ2n) is 8.44. The van der Waals surface area contributed by atoms with Crippen molar-refractivity contribution in [1.82, 2.24) is 4.90 Å². The largest absolute Gasteiger partial charge is 0.360 e. The average Bonchev–Trinajstić information content (AvgIpc) is 2.83. The van der Waals surface area contributed by atoms with Crippen molar-refractivity contribution in [2.24, 2.45) is 0 Å². The first-order chi connectivity index (χ1) is 16.2. The Morgan fingerprint density at radius 1 is 0.971 bits per heavy atom. The zero-order valence-corrected chi connectivity index (χ0v) is 21.2. The van der Waals surface area contributed by atoms with Gasteiger partial charge in [0.05, 0.1) is 27.4 Å². The molecule has 3 aromatic rings. The number of rotatable bonds is 6. The maximum absolute atomic E-state index is 13.1. The summed E-state index contributed by atoms with van der Waals surface area (Å²) in [4.78, 5) is 17.2. The van der Waals surface area contributed by atoms with Crippen molar-refractivity contribution in [1.29, 1.82) is 0 Å². The number of benzene rings is 3. The van der Waals surface area contributed by atoms with Crippen molar-refractivity contribution >= 4 is 44.6 Å². The van der Waals surface area contributed by atoms with Crippen LogP contribution in [0.25, 0.3) is 0 Å². The number of carbonyl (C=O) groups is 1. The minimum atomic E-state index is -3.52. The molecule has 0 N–H and O–H groups in total. The highest BCUT2D eigenvalue weighted by Gasteiger charge is 2.32. The van der Waals surface area contributed by atoms with Crippen LogP contribution < -0.4 is 4.90 Å². The Hall–Kier alpha value is -2.54. The molecule has 1 amide bonds. The van der Waals surface area contributed by atoms with Gasteiger partial charge in [-0.15, -0.1) is 0 Å². The first kappa shape index (κ1) is 24.6. The lowest BCUT2D eigenvalue weighted by atomic mass is 10.0. The van der Waals surface area contributed by atoms with Gasteiger partial charge in [-0.25, -0.2) is 8.42 Å². The molecule has 0 radical (unpaired) electrons. The van der Waals surface area contributed by atoms with Crippen molar-refractivity contribution in [3.63, 3.8) is 0 Å². The van der Waals surface area contributed by atoms with E-state index < -0.39 is 9.84 Å². The van der Waals surface area contributed by atoms with Gasteiger partial charge in [0.2, 0.25) is 5.91 Å². The second-order valence-corrected chi connectivity index (χ2v) is 11.4. The van der Waals surface area contributed by atoms with E-state index in [1.165, 1.54) is 0 Å². The Bertz CT molecular complexity index is 1260. The van der Waals surface area contributed by atoms with Gasteiger partial charge in [-0.3, -0.25) is 4.79 Å². The van der Waals surface area contributed by atoms with E-state index in [4.69, 9.17) is 23.2 Å². The Morgan fingerprint density at radius 2 is 1.68 bits per heavy atom. The summed E-state index contributed by atoms with van der Waals surface area (Å²) in [5.74, 6) is -0.390. The lowest BCUT2D eigenvalue weighted by Gasteiger charge is -2.43. The summed E-state index contributed by atoms with van der Waals surface area (Å²) < 4.78 is 25.3. The van der Waals surface area contributed by atoms with Crippen LogP contribution in [-0.4, -0.2) is 44.6 Å². The maximum atomic E-state index is 13.1. The molecule has 1 saturated heterocycles. The first-order valence-electron chi connectivity index (χ1n) is 11.1. The number of amides is 1. The molecular formula is C26H26Cl2N2O3S. The fraction of sp³-hybridized carbons (Fsp3) is 0.269. The van der Waals surface area contributed by atoms with Crippen LogP contribution in [-0.2, 0) is 14.6 Å². The maximum Gasteiger partial charge on any atom is 0.223 e. The zero-order chi connectivity index (χ0) is 24.3. The van der Waals surface area contributed by atoms with Crippen LogP contribution in [0.2, 0.25) is 10.0 Å². The summed E-state index contributed by atoms with van der Waals surface area (Å²) in [7, 11) is -3.52. The molecular weight excluding hydrogens is 491 g/mol. The molecule has 1 aliphatic heterocycles. The van der Waals surface area contributed by atoms with E-state index in [0.29, 0.717) is 29.7 Å². The Balaban J connectivity index is 1.53. The smallest absolute Gasteiger partial charge is 0.223 e. The van der Waals surface area contributed by atoms with Gasteiger partial charge in [-0.1, -0.05) is 59.6 Å². The molecule has 34 heavy (non-hydrogen) atoms. The Labute approximate surface area is 210 Å². The zero-order valence-electron chi connectivity index (χ0n) is 18.8. The SMILES string of the molecule is Cc1ccc(N2CCN(C(=O)CCS(=O)(=O)c3ccccc3)CC2c2ccc(Cl)cc2)c(Cl)c1. The van der Waals surface area contributed by atoms with Gasteiger partial charge in [0.25, 0.3) is 0 Å². The predicted octanol–water partition coefficient (Wildman–Crippen LogP) is 5.56. The molecule has 1 heterocycles. The van der Waals surface area contributed by atoms with Crippen LogP contribution in [0.1, 0.15) is 23.6 Å². The van der Waals surface area contributed by atoms with Gasteiger partial charge >= 0.3 is 0 Å². The van der Waals surface area contributed by atoms with E-state index >= 15 is 0 Å². The number of piperazine rings is 1. The fourth-order valence-corrected chi connectivity index (χ4v) is 5.96. The summed E-state index contributed by atoms with van der Waals surface area (Å²) in [6.07, 6.45) is -0.0597. The topological polar surface area (TPSA) is 57.7 Å². The summed E-state index contributed by atoms with van der Waals surface area (Å²) in [6, 6.07) is 21.6. The number of anilines is 1. The average molecular weight is 517 g/mol. The molecule has 0 spiro atoms. The Kier molecular flexibility index (Phi) is 7.51. The summed E-state index contributed by atoms with van der Waals surface area (Å²) in [5, 5.41) is 1.30. The number of nitrogens with zero attached hydrogens (tertiary/aromatic N) is 2. The molecule has 5 nitrogen and oxygen atoms in total. The standard InChI is InChI=1S/C26H26Cl2N2O3S/c1-19-7-12-24(23(28)17-19)30-15-14-29(18-25(30)20-8-10-21(27)11-9-20)26(31)13-16-34(32,33)22-5-3-2-4-6-22/h2-12,17,25H,13-16,18H2,1H3.